The van der Waals surface area contributed by atoms with Gasteiger partial charge in [-0.1, -0.05) is 11.6 Å². The second-order valence-corrected chi connectivity index (χ2v) is 7.36. The van der Waals surface area contributed by atoms with Crippen LogP contribution in [-0.2, 0) is 38.1 Å². The van der Waals surface area contributed by atoms with Gasteiger partial charge in [-0.15, -0.1) is 0 Å². The minimum atomic E-state index is -0.761. The molecule has 8 nitrogen and oxygen atoms in total. The molecule has 0 unspecified atom stereocenters. The van der Waals surface area contributed by atoms with Crippen LogP contribution in [0.25, 0.3) is 0 Å². The molecule has 0 aromatic heterocycles. The second kappa shape index (κ2) is 6.98. The van der Waals surface area contributed by atoms with Crippen LogP contribution in [0.1, 0.15) is 6.92 Å². The first kappa shape index (κ1) is 19.4. The summed E-state index contributed by atoms with van der Waals surface area (Å²) < 4.78 is 19.7. The highest BCUT2D eigenvalue weighted by Crippen LogP contribution is 2.66. The molecule has 0 saturated heterocycles. The summed E-state index contributed by atoms with van der Waals surface area (Å²) in [6.45, 7) is 1.87. The van der Waals surface area contributed by atoms with Crippen molar-refractivity contribution in [3.63, 3.8) is 0 Å². The molecule has 27 heavy (non-hydrogen) atoms. The minimum absolute atomic E-state index is 0.290. The lowest BCUT2D eigenvalue weighted by Gasteiger charge is -2.63. The molecule has 0 radical (unpaired) electrons. The molecule has 0 aliphatic heterocycles. The van der Waals surface area contributed by atoms with E-state index in [0.29, 0.717) is 0 Å². The highest BCUT2D eigenvalue weighted by molar-refractivity contribution is 5.88. The Balaban J connectivity index is 2.10. The van der Waals surface area contributed by atoms with Crippen LogP contribution in [0.3, 0.4) is 0 Å². The molecule has 2 bridgehead atoms. The fraction of sp³-hybridized carbons (Fsp3) is 0.684. The van der Waals surface area contributed by atoms with Gasteiger partial charge >= 0.3 is 23.9 Å². The topological polar surface area (TPSA) is 105 Å². The number of hydrogen-bond acceptors (Lipinski definition) is 8. The van der Waals surface area contributed by atoms with Crippen molar-refractivity contribution < 1.29 is 38.1 Å². The molecule has 0 amide bonds. The van der Waals surface area contributed by atoms with E-state index in [1.807, 2.05) is 13.0 Å². The van der Waals surface area contributed by atoms with Crippen LogP contribution in [-0.4, -0.2) is 52.3 Å². The van der Waals surface area contributed by atoms with Crippen LogP contribution in [0, 0.1) is 47.3 Å². The van der Waals surface area contributed by atoms with Crippen molar-refractivity contribution >= 4 is 23.9 Å². The average Bonchev–Trinajstić information content (AvgIpc) is 2.66. The van der Waals surface area contributed by atoms with Crippen LogP contribution >= 0.6 is 0 Å². The summed E-state index contributed by atoms with van der Waals surface area (Å²) in [7, 11) is 5.07. The minimum Gasteiger partial charge on any atom is -0.469 e. The number of allylic oxidation sites excluding steroid dienone is 2. The van der Waals surface area contributed by atoms with Gasteiger partial charge in [0.05, 0.1) is 52.1 Å². The first-order valence-electron chi connectivity index (χ1n) is 8.83. The molecule has 0 aromatic carbocycles. The van der Waals surface area contributed by atoms with E-state index < -0.39 is 59.4 Å². The van der Waals surface area contributed by atoms with E-state index in [0.717, 1.165) is 5.57 Å². The maximum absolute atomic E-state index is 12.6. The number of carbonyl (C=O) groups excluding carboxylic acids is 4. The first-order chi connectivity index (χ1) is 12.8. The van der Waals surface area contributed by atoms with Gasteiger partial charge in [0, 0.05) is 0 Å². The standard InChI is InChI=1S/C19H24O8/c1-7-6-8-10-12(15(19(23)27-5)14(10)18(22)26-4)9(7)13(17(21)25-3)11(8)16(20)24-2/h6,8-15H,1-5H3/t8-,9+,10-,11+,12-,13-,14+,15-/m0/s1. The maximum Gasteiger partial charge on any atom is 0.310 e. The predicted octanol–water partition coefficient (Wildman–Crippen LogP) is 0.595. The molecule has 4 aliphatic carbocycles. The Morgan fingerprint density at radius 2 is 1.07 bits per heavy atom. The normalized spacial score (nSPS) is 38.6. The van der Waals surface area contributed by atoms with Crippen LogP contribution < -0.4 is 0 Å². The number of hydrogen-bond donors (Lipinski definition) is 0. The predicted molar refractivity (Wildman–Crippen MR) is 89.7 cm³/mol. The lowest BCUT2D eigenvalue weighted by atomic mass is 9.38. The van der Waals surface area contributed by atoms with Crippen molar-refractivity contribution in [3.05, 3.63) is 11.6 Å². The molecule has 148 valence electrons. The molecule has 0 aromatic rings. The number of carbonyl (C=O) groups is 4. The monoisotopic (exact) mass is 380 g/mol. The quantitative estimate of drug-likeness (QED) is 0.397. The summed E-state index contributed by atoms with van der Waals surface area (Å²) in [6, 6.07) is 0. The number of methoxy groups -OCH3 is 4. The third kappa shape index (κ3) is 2.56. The van der Waals surface area contributed by atoms with E-state index in [-0.39, 0.29) is 11.8 Å². The van der Waals surface area contributed by atoms with Gasteiger partial charge in [-0.25, -0.2) is 0 Å². The van der Waals surface area contributed by atoms with Gasteiger partial charge in [-0.3, -0.25) is 19.2 Å². The van der Waals surface area contributed by atoms with Crippen LogP contribution in [0.5, 0.6) is 0 Å². The molecular formula is C19H24O8. The largest absolute Gasteiger partial charge is 0.469 e. The number of fused-ring (bicyclic) bond motifs is 1. The Morgan fingerprint density at radius 3 is 1.56 bits per heavy atom. The summed E-state index contributed by atoms with van der Waals surface area (Å²) in [5.74, 6) is -6.40. The Morgan fingerprint density at radius 1 is 0.667 bits per heavy atom. The zero-order chi connectivity index (χ0) is 20.0. The van der Waals surface area contributed by atoms with Gasteiger partial charge in [0.15, 0.2) is 0 Å². The van der Waals surface area contributed by atoms with E-state index in [1.54, 1.807) is 0 Å². The molecule has 8 heteroatoms. The molecule has 2 fully saturated rings. The van der Waals surface area contributed by atoms with Gasteiger partial charge in [0.2, 0.25) is 0 Å². The fourth-order valence-corrected chi connectivity index (χ4v) is 5.68. The van der Waals surface area contributed by atoms with Gasteiger partial charge in [0.25, 0.3) is 0 Å². The van der Waals surface area contributed by atoms with Crippen LogP contribution in [0.2, 0.25) is 0 Å². The van der Waals surface area contributed by atoms with E-state index in [2.05, 4.69) is 0 Å². The third-order valence-corrected chi connectivity index (χ3v) is 6.58. The van der Waals surface area contributed by atoms with Crippen molar-refractivity contribution in [2.45, 2.75) is 6.92 Å². The lowest BCUT2D eigenvalue weighted by molar-refractivity contribution is -0.211. The molecule has 8 atom stereocenters. The van der Waals surface area contributed by atoms with E-state index in [4.69, 9.17) is 18.9 Å². The Hall–Kier alpha value is -2.38. The molecule has 4 rings (SSSR count). The molecule has 2 saturated carbocycles. The Kier molecular flexibility index (Phi) is 5.01. The smallest absolute Gasteiger partial charge is 0.310 e. The Labute approximate surface area is 157 Å². The van der Waals surface area contributed by atoms with E-state index in [1.165, 1.54) is 28.4 Å². The van der Waals surface area contributed by atoms with Crippen molar-refractivity contribution in [1.29, 1.82) is 0 Å². The first-order valence-corrected chi connectivity index (χ1v) is 8.83. The van der Waals surface area contributed by atoms with Gasteiger partial charge in [0.1, 0.15) is 0 Å². The number of rotatable bonds is 4. The average molecular weight is 380 g/mol. The van der Waals surface area contributed by atoms with Crippen molar-refractivity contribution in [1.82, 2.24) is 0 Å². The molecule has 0 spiro atoms. The third-order valence-electron chi connectivity index (χ3n) is 6.58. The van der Waals surface area contributed by atoms with Gasteiger partial charge in [-0.2, -0.15) is 0 Å². The van der Waals surface area contributed by atoms with E-state index >= 15 is 0 Å². The summed E-state index contributed by atoms with van der Waals surface area (Å²) in [5.41, 5.74) is 0.911. The zero-order valence-corrected chi connectivity index (χ0v) is 16.0. The maximum atomic E-state index is 12.6. The number of esters is 4. The lowest BCUT2D eigenvalue weighted by Crippen LogP contribution is -2.68. The van der Waals surface area contributed by atoms with E-state index in [9.17, 15) is 19.2 Å². The highest BCUT2D eigenvalue weighted by atomic mass is 16.5. The van der Waals surface area contributed by atoms with Crippen molar-refractivity contribution in [2.24, 2.45) is 47.3 Å². The molecule has 0 heterocycles. The van der Waals surface area contributed by atoms with Crippen molar-refractivity contribution in [2.75, 3.05) is 28.4 Å². The summed E-state index contributed by atoms with van der Waals surface area (Å²) in [5, 5.41) is 0. The number of ether oxygens (including phenoxy) is 4. The Bertz CT molecular complexity index is 710. The van der Waals surface area contributed by atoms with Crippen LogP contribution in [0.4, 0.5) is 0 Å². The fourth-order valence-electron chi connectivity index (χ4n) is 5.68. The van der Waals surface area contributed by atoms with Crippen molar-refractivity contribution in [3.8, 4) is 0 Å². The highest BCUT2D eigenvalue weighted by Gasteiger charge is 2.71. The van der Waals surface area contributed by atoms with Crippen LogP contribution in [0.15, 0.2) is 11.6 Å². The SMILES string of the molecule is COC(=O)[C@@H]1[C@H](C(=O)OC)[C@H]2C=C(C)[C@@H]1[C@@H]1[C@H](C(=O)OC)[C@H](C(=O)OC)[C@@H]21. The summed E-state index contributed by atoms with van der Waals surface area (Å²) in [4.78, 5) is 49.9. The molecule has 4 aliphatic rings. The van der Waals surface area contributed by atoms with Gasteiger partial charge in [-0.05, 0) is 30.6 Å². The summed E-state index contributed by atoms with van der Waals surface area (Å²) >= 11 is 0. The second-order valence-electron chi connectivity index (χ2n) is 7.36. The van der Waals surface area contributed by atoms with Gasteiger partial charge < -0.3 is 18.9 Å². The summed E-state index contributed by atoms with van der Waals surface area (Å²) in [6.07, 6.45) is 1.93. The molecular weight excluding hydrogens is 356 g/mol. The molecule has 0 N–H and O–H groups in total. The zero-order valence-electron chi connectivity index (χ0n) is 16.0.